The Hall–Kier alpha value is -1.42. The maximum absolute atomic E-state index is 11.8. The Morgan fingerprint density at radius 2 is 2.16 bits per heavy atom. The van der Waals surface area contributed by atoms with Crippen molar-refractivity contribution in [3.05, 3.63) is 42.7 Å². The van der Waals surface area contributed by atoms with Gasteiger partial charge in [0.15, 0.2) is 0 Å². The first-order valence-electron chi connectivity index (χ1n) is 6.56. The molecule has 1 amide bonds. The first-order valence-corrected chi connectivity index (χ1v) is 7.61. The summed E-state index contributed by atoms with van der Waals surface area (Å²) in [7, 11) is 0. The highest BCUT2D eigenvalue weighted by molar-refractivity contribution is 8.00. The van der Waals surface area contributed by atoms with Gasteiger partial charge in [0.2, 0.25) is 5.91 Å². The first-order chi connectivity index (χ1) is 9.28. The average Bonchev–Trinajstić information content (AvgIpc) is 2.87. The number of benzene rings is 1. The van der Waals surface area contributed by atoms with Crippen molar-refractivity contribution in [1.29, 1.82) is 0 Å². The van der Waals surface area contributed by atoms with Gasteiger partial charge < -0.3 is 10.1 Å². The number of fused-ring (bicyclic) bond motifs is 1. The zero-order valence-corrected chi connectivity index (χ0v) is 11.5. The van der Waals surface area contributed by atoms with Crippen molar-refractivity contribution in [1.82, 2.24) is 5.32 Å². The zero-order chi connectivity index (χ0) is 13.2. The highest BCUT2D eigenvalue weighted by atomic mass is 32.2. The van der Waals surface area contributed by atoms with E-state index in [1.807, 2.05) is 23.9 Å². The van der Waals surface area contributed by atoms with E-state index in [0.29, 0.717) is 23.6 Å². The Morgan fingerprint density at radius 3 is 2.89 bits per heavy atom. The molecule has 2 heterocycles. The van der Waals surface area contributed by atoms with Crippen LogP contribution in [0.25, 0.3) is 0 Å². The molecular formula is C15H17NO2S. The second-order valence-corrected chi connectivity index (χ2v) is 6.25. The maximum atomic E-state index is 11.8. The van der Waals surface area contributed by atoms with Gasteiger partial charge in [0, 0.05) is 23.6 Å². The fourth-order valence-electron chi connectivity index (χ4n) is 2.94. The number of hydrogen-bond donors (Lipinski definition) is 1. The Morgan fingerprint density at radius 1 is 1.37 bits per heavy atom. The molecule has 2 saturated heterocycles. The molecule has 3 unspecified atom stereocenters. The van der Waals surface area contributed by atoms with E-state index in [4.69, 9.17) is 4.74 Å². The van der Waals surface area contributed by atoms with Crippen LogP contribution >= 0.6 is 11.8 Å². The minimum Gasteiger partial charge on any atom is -0.466 e. The topological polar surface area (TPSA) is 38.3 Å². The fourth-order valence-corrected chi connectivity index (χ4v) is 4.53. The number of amides is 1. The number of carbonyl (C=O) groups is 1. The van der Waals surface area contributed by atoms with Crippen molar-refractivity contribution < 1.29 is 9.53 Å². The highest BCUT2D eigenvalue weighted by Crippen LogP contribution is 2.42. The molecule has 0 radical (unpaired) electrons. The van der Waals surface area contributed by atoms with Crippen molar-refractivity contribution >= 4 is 17.7 Å². The van der Waals surface area contributed by atoms with Crippen LogP contribution in [0, 0.1) is 0 Å². The number of nitrogens with one attached hydrogen (secondary N) is 1. The van der Waals surface area contributed by atoms with Gasteiger partial charge in [0.05, 0.1) is 6.26 Å². The van der Waals surface area contributed by atoms with Crippen LogP contribution < -0.4 is 10.1 Å². The summed E-state index contributed by atoms with van der Waals surface area (Å²) in [6.07, 6.45) is 3.11. The molecule has 4 heteroatoms. The Balaban J connectivity index is 1.83. The largest absolute Gasteiger partial charge is 0.466 e. The van der Waals surface area contributed by atoms with Gasteiger partial charge in [-0.15, -0.1) is 0 Å². The molecule has 1 N–H and O–H groups in total. The highest BCUT2D eigenvalue weighted by Gasteiger charge is 2.40. The van der Waals surface area contributed by atoms with Crippen LogP contribution in [0.1, 0.15) is 24.3 Å². The van der Waals surface area contributed by atoms with E-state index in [1.54, 1.807) is 0 Å². The number of piperidine rings is 1. The third-order valence-electron chi connectivity index (χ3n) is 3.81. The van der Waals surface area contributed by atoms with Crippen LogP contribution in [0.2, 0.25) is 0 Å². The summed E-state index contributed by atoms with van der Waals surface area (Å²) < 4.78 is 5.24. The molecule has 2 aliphatic heterocycles. The van der Waals surface area contributed by atoms with Crippen LogP contribution in [0.4, 0.5) is 0 Å². The number of carbonyl (C=O) groups excluding carboxylic acids is 1. The van der Waals surface area contributed by atoms with E-state index in [2.05, 4.69) is 24.0 Å². The van der Waals surface area contributed by atoms with E-state index in [1.165, 1.54) is 11.8 Å². The van der Waals surface area contributed by atoms with Crippen LogP contribution in [-0.4, -0.2) is 23.0 Å². The lowest BCUT2D eigenvalue weighted by Gasteiger charge is -2.33. The van der Waals surface area contributed by atoms with Crippen LogP contribution in [0.15, 0.2) is 37.1 Å². The SMILES string of the molecule is C=COc1ccc(C2CC(=O)NC3CCSC32)cc1. The zero-order valence-electron chi connectivity index (χ0n) is 10.7. The van der Waals surface area contributed by atoms with Crippen molar-refractivity contribution in [2.24, 2.45) is 0 Å². The second kappa shape index (κ2) is 5.29. The summed E-state index contributed by atoms with van der Waals surface area (Å²) in [6, 6.07) is 8.37. The Kier molecular flexibility index (Phi) is 3.51. The molecule has 3 nitrogen and oxygen atoms in total. The quantitative estimate of drug-likeness (QED) is 0.862. The van der Waals surface area contributed by atoms with Crippen molar-refractivity contribution in [2.45, 2.75) is 30.1 Å². The molecule has 19 heavy (non-hydrogen) atoms. The van der Waals surface area contributed by atoms with Crippen LogP contribution in [0.3, 0.4) is 0 Å². The van der Waals surface area contributed by atoms with Gasteiger partial charge in [-0.2, -0.15) is 11.8 Å². The fraction of sp³-hybridized carbons (Fsp3) is 0.400. The Bertz CT molecular complexity index is 485. The van der Waals surface area contributed by atoms with Gasteiger partial charge >= 0.3 is 0 Å². The van der Waals surface area contributed by atoms with Gasteiger partial charge in [-0.25, -0.2) is 0 Å². The number of hydrogen-bond acceptors (Lipinski definition) is 3. The predicted molar refractivity (Wildman–Crippen MR) is 77.4 cm³/mol. The third-order valence-corrected chi connectivity index (χ3v) is 5.33. The summed E-state index contributed by atoms with van der Waals surface area (Å²) in [5.74, 6) is 2.43. The second-order valence-electron chi connectivity index (χ2n) is 4.96. The average molecular weight is 275 g/mol. The van der Waals surface area contributed by atoms with Crippen molar-refractivity contribution in [3.63, 3.8) is 0 Å². The molecule has 1 aromatic carbocycles. The standard InChI is InChI=1S/C15H17NO2S/c1-2-18-11-5-3-10(4-6-11)12-9-14(17)16-13-7-8-19-15(12)13/h2-6,12-13,15H,1,7-9H2,(H,16,17). The van der Waals surface area contributed by atoms with E-state index in [-0.39, 0.29) is 5.91 Å². The van der Waals surface area contributed by atoms with Crippen molar-refractivity contribution in [3.8, 4) is 5.75 Å². The van der Waals surface area contributed by atoms with Crippen LogP contribution in [0.5, 0.6) is 5.75 Å². The molecular weight excluding hydrogens is 258 g/mol. The first kappa shape index (κ1) is 12.6. The van der Waals surface area contributed by atoms with E-state index in [0.717, 1.165) is 17.9 Å². The van der Waals surface area contributed by atoms with Crippen LogP contribution in [-0.2, 0) is 4.79 Å². The molecule has 2 aliphatic rings. The molecule has 0 spiro atoms. The maximum Gasteiger partial charge on any atom is 0.220 e. The summed E-state index contributed by atoms with van der Waals surface area (Å²) in [5.41, 5.74) is 1.23. The molecule has 0 bridgehead atoms. The smallest absolute Gasteiger partial charge is 0.220 e. The molecule has 100 valence electrons. The lowest BCUT2D eigenvalue weighted by molar-refractivity contribution is -0.123. The number of thioether (sulfide) groups is 1. The monoisotopic (exact) mass is 275 g/mol. The minimum atomic E-state index is 0.181. The summed E-state index contributed by atoms with van der Waals surface area (Å²) in [5, 5.41) is 3.63. The van der Waals surface area contributed by atoms with Crippen molar-refractivity contribution in [2.75, 3.05) is 5.75 Å². The van der Waals surface area contributed by atoms with Gasteiger partial charge in [0.1, 0.15) is 5.75 Å². The lowest BCUT2D eigenvalue weighted by atomic mass is 9.85. The molecule has 0 saturated carbocycles. The summed E-state index contributed by atoms with van der Waals surface area (Å²) >= 11 is 1.98. The van der Waals surface area contributed by atoms with Gasteiger partial charge in [-0.05, 0) is 29.9 Å². The molecule has 0 aromatic heterocycles. The normalized spacial score (nSPS) is 29.5. The molecule has 0 aliphatic carbocycles. The van der Waals surface area contributed by atoms with E-state index < -0.39 is 0 Å². The van der Waals surface area contributed by atoms with E-state index >= 15 is 0 Å². The van der Waals surface area contributed by atoms with E-state index in [9.17, 15) is 4.79 Å². The summed E-state index contributed by atoms with van der Waals surface area (Å²) in [4.78, 5) is 11.8. The third kappa shape index (κ3) is 2.50. The molecule has 1 aromatic rings. The molecule has 2 fully saturated rings. The molecule has 3 rings (SSSR count). The number of ether oxygens (including phenoxy) is 1. The Labute approximate surface area is 117 Å². The minimum absolute atomic E-state index is 0.181. The van der Waals surface area contributed by atoms with Gasteiger partial charge in [-0.3, -0.25) is 4.79 Å². The lowest BCUT2D eigenvalue weighted by Crippen LogP contribution is -2.47. The summed E-state index contributed by atoms with van der Waals surface area (Å²) in [6.45, 7) is 3.54. The molecule has 3 atom stereocenters. The van der Waals surface area contributed by atoms with Gasteiger partial charge in [0.25, 0.3) is 0 Å². The predicted octanol–water partition coefficient (Wildman–Crippen LogP) is 2.69. The number of rotatable bonds is 3. The van der Waals surface area contributed by atoms with Gasteiger partial charge in [-0.1, -0.05) is 18.7 Å².